The van der Waals surface area contributed by atoms with Crippen LogP contribution in [0.5, 0.6) is 0 Å². The van der Waals surface area contributed by atoms with E-state index < -0.39 is 51.1 Å². The zero-order chi connectivity index (χ0) is 35.7. The maximum absolute atomic E-state index is 12.7. The Balaban J connectivity index is 0. The molecule has 0 heterocycles. The van der Waals surface area contributed by atoms with E-state index in [0.717, 1.165) is 38.5 Å². The van der Waals surface area contributed by atoms with E-state index in [0.29, 0.717) is 6.42 Å². The zero-order valence-corrected chi connectivity index (χ0v) is 34.4. The first-order valence-corrected chi connectivity index (χ1v) is 20.8. The monoisotopic (exact) mass is 726 g/mol. The third-order valence-electron chi connectivity index (χ3n) is 8.65. The summed E-state index contributed by atoms with van der Waals surface area (Å²) in [7, 11) is -4.68. The van der Waals surface area contributed by atoms with Crippen molar-refractivity contribution in [3.63, 3.8) is 0 Å². The quantitative estimate of drug-likeness (QED) is 0.0156. The van der Waals surface area contributed by atoms with E-state index in [1.165, 1.54) is 116 Å². The van der Waals surface area contributed by atoms with Crippen molar-refractivity contribution in [2.45, 2.75) is 199 Å². The van der Waals surface area contributed by atoms with Crippen LogP contribution in [0, 0.1) is 0 Å². The Kier molecular flexibility index (Phi) is 37.4. The third kappa shape index (κ3) is 34.6. The minimum Gasteiger partial charge on any atom is -0.862 e. The maximum Gasteiger partial charge on any atom is 1.00 e. The van der Waals surface area contributed by atoms with Crippen molar-refractivity contribution in [1.29, 1.82) is 0 Å². The van der Waals surface area contributed by atoms with Crippen LogP contribution in [0.1, 0.15) is 181 Å². The predicted molar refractivity (Wildman–Crippen MR) is 195 cm³/mol. The fraction of sp³-hybridized carbons (Fsp3) is 0.892. The van der Waals surface area contributed by atoms with E-state index in [1.807, 2.05) is 6.08 Å². The van der Waals surface area contributed by atoms with Gasteiger partial charge < -0.3 is 25.9 Å². The molecule has 5 N–H and O–H groups in total. The molecule has 0 aromatic carbocycles. The largest absolute Gasteiger partial charge is 1.00 e. The van der Waals surface area contributed by atoms with Gasteiger partial charge in [-0.15, -0.1) is 0 Å². The summed E-state index contributed by atoms with van der Waals surface area (Å²) in [5, 5.41) is 32.3. The van der Waals surface area contributed by atoms with Crippen molar-refractivity contribution < 1.29 is 68.2 Å². The Morgan fingerprint density at radius 3 is 1.55 bits per heavy atom. The number of hydrogen-bond acceptors (Lipinski definition) is 8. The van der Waals surface area contributed by atoms with Gasteiger partial charge in [0.25, 0.3) is 0 Å². The minimum absolute atomic E-state index is 0. The number of phosphoric ester groups is 1. The molecule has 0 spiro atoms. The summed E-state index contributed by atoms with van der Waals surface area (Å²) in [4.78, 5) is 25.0. The van der Waals surface area contributed by atoms with Crippen molar-refractivity contribution in [2.24, 2.45) is 10.7 Å². The number of hydrogen-bond donors (Lipinski definition) is 4. The van der Waals surface area contributed by atoms with Crippen molar-refractivity contribution in [2.75, 3.05) is 13.2 Å². The molecule has 0 radical (unpaired) electrons. The third-order valence-corrected chi connectivity index (χ3v) is 9.60. The smallest absolute Gasteiger partial charge is 0.862 e. The van der Waals surface area contributed by atoms with Crippen molar-refractivity contribution in [3.05, 3.63) is 12.2 Å². The summed E-state index contributed by atoms with van der Waals surface area (Å²) in [5.74, 6) is -1.79. The molecule has 12 heteroatoms. The molecule has 0 saturated carbocycles. The number of rotatable bonds is 36. The van der Waals surface area contributed by atoms with Crippen LogP contribution >= 0.6 is 7.82 Å². The summed E-state index contributed by atoms with van der Waals surface area (Å²) in [5.41, 5.74) is 5.33. The van der Waals surface area contributed by atoms with Gasteiger partial charge >= 0.3 is 43.3 Å². The second kappa shape index (κ2) is 36.1. The van der Waals surface area contributed by atoms with Crippen molar-refractivity contribution in [3.8, 4) is 0 Å². The van der Waals surface area contributed by atoms with Crippen molar-refractivity contribution in [1.82, 2.24) is 0 Å². The number of phosphoric acid groups is 1. The topological polar surface area (TPSA) is 175 Å². The van der Waals surface area contributed by atoms with Gasteiger partial charge in [-0.3, -0.25) is 18.8 Å². The van der Waals surface area contributed by atoms with E-state index in [2.05, 4.69) is 23.4 Å². The van der Waals surface area contributed by atoms with Crippen LogP contribution in [-0.2, 0) is 18.4 Å². The number of unbranched alkanes of at least 4 members (excludes halogenated alkanes) is 23. The van der Waals surface area contributed by atoms with Crippen LogP contribution < -0.4 is 40.4 Å². The number of nitrogens with two attached hydrogens (primary N) is 1. The van der Waals surface area contributed by atoms with Crippen LogP contribution in [0.25, 0.3) is 0 Å². The number of allylic oxidation sites excluding steroid dienone is 1. The van der Waals surface area contributed by atoms with Gasteiger partial charge in [0.15, 0.2) is 0 Å². The maximum atomic E-state index is 12.7. The summed E-state index contributed by atoms with van der Waals surface area (Å²) < 4.78 is 21.9. The predicted octanol–water partition coefficient (Wildman–Crippen LogP) is 5.76. The van der Waals surface area contributed by atoms with E-state index in [-0.39, 0.29) is 36.0 Å². The molecular formula is C37H72N2NaO8P. The average Bonchev–Trinajstić information content (AvgIpc) is 3.06. The molecule has 0 aliphatic rings. The molecule has 284 valence electrons. The second-order valence-electron chi connectivity index (χ2n) is 13.3. The van der Waals surface area contributed by atoms with E-state index in [1.54, 1.807) is 6.08 Å². The van der Waals surface area contributed by atoms with Crippen molar-refractivity contribution >= 4 is 19.7 Å². The van der Waals surface area contributed by atoms with Gasteiger partial charge in [-0.05, 0) is 31.6 Å². The number of aliphatic hydroxyl groups is 1. The number of aliphatic imine (C=N–C) groups is 1. The molecule has 0 aromatic heterocycles. The molecule has 49 heavy (non-hydrogen) atoms. The molecule has 0 aromatic rings. The molecule has 10 nitrogen and oxygen atoms in total. The molecule has 0 fully saturated rings. The molecule has 1 unspecified atom stereocenters. The average molecular weight is 727 g/mol. The number of aliphatic carboxylic acids is 1. The number of carbonyl (C=O) groups is 1. The Labute approximate surface area is 321 Å². The van der Waals surface area contributed by atoms with Gasteiger partial charge in [0.1, 0.15) is 12.1 Å². The normalized spacial score (nSPS) is 15.2. The molecule has 0 aliphatic carbocycles. The molecule has 0 rings (SSSR count). The molecule has 0 amide bonds. The Morgan fingerprint density at radius 2 is 1.12 bits per heavy atom. The number of carboxylic acid groups (broad SMARTS) is 1. The van der Waals surface area contributed by atoms with E-state index in [9.17, 15) is 24.5 Å². The summed E-state index contributed by atoms with van der Waals surface area (Å²) >= 11 is 0. The molecular weight excluding hydrogens is 654 g/mol. The number of aliphatic hydroxyl groups excluding tert-OH is 1. The van der Waals surface area contributed by atoms with Gasteiger partial charge in [-0.25, -0.2) is 4.57 Å². The Hall–Kier alpha value is -0.290. The molecule has 0 saturated heterocycles. The Morgan fingerprint density at radius 1 is 0.735 bits per heavy atom. The summed E-state index contributed by atoms with van der Waals surface area (Å²) in [6.07, 6.45) is 32.5. The first kappa shape index (κ1) is 50.8. The number of carboxylic acids is 1. The Bertz CT molecular complexity index is 864. The molecule has 4 atom stereocenters. The van der Waals surface area contributed by atoms with Crippen LogP contribution in [0.3, 0.4) is 0 Å². The van der Waals surface area contributed by atoms with Crippen LogP contribution in [-0.4, -0.2) is 58.4 Å². The SMILES string of the molecule is CCCCCCCCCCCCC/C=C/[C@H](O)[C@@H](COP(=O)(O)OC[C@H](N)C(=O)O)N=C([O-])CCCCCCCCCCCCCCC.[Na+]. The second-order valence-corrected chi connectivity index (χ2v) is 14.8. The van der Waals surface area contributed by atoms with Gasteiger partial charge in [0.2, 0.25) is 0 Å². The summed E-state index contributed by atoms with van der Waals surface area (Å²) in [6.45, 7) is 3.19. The molecule has 0 aliphatic heterocycles. The first-order chi connectivity index (χ1) is 23.1. The van der Waals surface area contributed by atoms with E-state index in [4.69, 9.17) is 15.4 Å². The van der Waals surface area contributed by atoms with Gasteiger partial charge in [-0.2, -0.15) is 0 Å². The summed E-state index contributed by atoms with van der Waals surface area (Å²) in [6, 6.07) is -2.61. The van der Waals surface area contributed by atoms with Crippen LogP contribution in [0.2, 0.25) is 0 Å². The van der Waals surface area contributed by atoms with E-state index >= 15 is 0 Å². The minimum atomic E-state index is -4.68. The van der Waals surface area contributed by atoms with Crippen LogP contribution in [0.15, 0.2) is 17.1 Å². The first-order valence-electron chi connectivity index (χ1n) is 19.3. The zero-order valence-electron chi connectivity index (χ0n) is 31.5. The van der Waals surface area contributed by atoms with Gasteiger partial charge in [-0.1, -0.05) is 167 Å². The molecule has 0 bridgehead atoms. The van der Waals surface area contributed by atoms with Crippen LogP contribution in [0.4, 0.5) is 0 Å². The fourth-order valence-electron chi connectivity index (χ4n) is 5.50. The standard InChI is InChI=1S/C37H73N2O8P.Na/c1-3-5-7-9-11-13-15-17-19-21-23-25-27-29-35(40)34(32-47-48(44,45)46-31-33(38)37(42)43)39-36(41)30-28-26-24-22-20-18-16-14-12-10-8-6-4-2;/h27,29,33-35,40H,3-26,28,30-32,38H2,1-2H3,(H,39,41)(H,42,43)(H,44,45);/q;+1/p-1/b29-27+;/t33-,34+,35-;/m0./s1. The fourth-order valence-corrected chi connectivity index (χ4v) is 6.26. The number of nitrogens with zero attached hydrogens (tertiary/aromatic N) is 1. The van der Waals surface area contributed by atoms with Gasteiger partial charge in [0.05, 0.1) is 19.3 Å². The van der Waals surface area contributed by atoms with Gasteiger partial charge in [0, 0.05) is 0 Å².